The van der Waals surface area contributed by atoms with Crippen molar-refractivity contribution in [2.24, 2.45) is 11.8 Å². The molecule has 2 aliphatic rings. The van der Waals surface area contributed by atoms with Gasteiger partial charge in [0.05, 0.1) is 12.2 Å². The number of rotatable bonds is 12. The van der Waals surface area contributed by atoms with Crippen LogP contribution in [-0.4, -0.2) is 95.2 Å². The lowest BCUT2D eigenvalue weighted by atomic mass is 9.67. The third kappa shape index (κ3) is 7.01. The second-order valence-electron chi connectivity index (χ2n) is 12.6. The summed E-state index contributed by atoms with van der Waals surface area (Å²) in [7, 11) is 3.78. The Balaban J connectivity index is 1.53. The van der Waals surface area contributed by atoms with Crippen LogP contribution in [0.25, 0.3) is 0 Å². The first-order valence-electron chi connectivity index (χ1n) is 15.6. The zero-order valence-electron chi connectivity index (χ0n) is 26.1. The van der Waals surface area contributed by atoms with Crippen molar-refractivity contribution in [1.82, 2.24) is 14.7 Å². The van der Waals surface area contributed by atoms with E-state index in [-0.39, 0.29) is 35.3 Å². The molecule has 3 aromatic carbocycles. The quantitative estimate of drug-likeness (QED) is 0.220. The highest BCUT2D eigenvalue weighted by Gasteiger charge is 2.48. The molecule has 0 aliphatic carbocycles. The first kappa shape index (κ1) is 32.5. The fourth-order valence-electron chi connectivity index (χ4n) is 7.04. The number of aromatic hydroxyl groups is 2. The Bertz CT molecular complexity index is 1480. The van der Waals surface area contributed by atoms with Crippen molar-refractivity contribution in [2.75, 3.05) is 40.3 Å². The van der Waals surface area contributed by atoms with E-state index < -0.39 is 23.6 Å². The summed E-state index contributed by atoms with van der Waals surface area (Å²) in [6.07, 6.45) is 3.41. The summed E-state index contributed by atoms with van der Waals surface area (Å²) >= 11 is 0. The van der Waals surface area contributed by atoms with Gasteiger partial charge in [-0.1, -0.05) is 36.4 Å². The third-order valence-electron chi connectivity index (χ3n) is 9.62. The van der Waals surface area contributed by atoms with Gasteiger partial charge >= 0.3 is 0 Å². The maximum absolute atomic E-state index is 15.0. The van der Waals surface area contributed by atoms with E-state index in [1.165, 1.54) is 30.3 Å². The number of benzene rings is 3. The van der Waals surface area contributed by atoms with Gasteiger partial charge in [0.15, 0.2) is 11.6 Å². The minimum atomic E-state index is -0.706. The average molecular weight is 616 g/mol. The number of piperidine rings is 1. The van der Waals surface area contributed by atoms with Gasteiger partial charge in [0.25, 0.3) is 0 Å². The van der Waals surface area contributed by atoms with Gasteiger partial charge < -0.3 is 19.9 Å². The third-order valence-corrected chi connectivity index (χ3v) is 9.62. The van der Waals surface area contributed by atoms with Crippen LogP contribution < -0.4 is 0 Å². The van der Waals surface area contributed by atoms with Crippen LogP contribution in [0.15, 0.2) is 66.7 Å². The molecule has 238 valence electrons. The Labute approximate surface area is 264 Å². The highest BCUT2D eigenvalue weighted by atomic mass is 19.1. The number of phenolic OH excluding ortho intramolecular Hbond substituents is 2. The van der Waals surface area contributed by atoms with Gasteiger partial charge in [-0.15, -0.1) is 0 Å². The lowest BCUT2D eigenvalue weighted by Gasteiger charge is -2.53. The van der Waals surface area contributed by atoms with Crippen LogP contribution >= 0.6 is 0 Å². The van der Waals surface area contributed by atoms with E-state index in [2.05, 4.69) is 9.80 Å². The van der Waals surface area contributed by atoms with E-state index in [1.54, 1.807) is 43.3 Å². The second-order valence-corrected chi connectivity index (χ2v) is 12.6. The zero-order chi connectivity index (χ0) is 32.2. The Morgan fingerprint density at radius 1 is 0.956 bits per heavy atom. The molecule has 0 aromatic heterocycles. The molecule has 0 amide bonds. The first-order chi connectivity index (χ1) is 21.6. The van der Waals surface area contributed by atoms with Gasteiger partial charge in [-0.2, -0.15) is 0 Å². The standard InChI is InChI=1S/C36H42FN3O5/c1-23-29(13-6-14-32(23)37)34-30(35(44)24-8-4-11-27(42)18-24)20-40(21-31(34)36(45)25-9-5-12-28(43)19-25)33-15-17-39(33)16-7-10-26(22-41)38(2)3/h4-6,8-9,11-14,18-19,22,26,30-31,33-34,42-43H,7,10,15-17,20-21H2,1-3H3/t26?,30-,31+,33-,34-/m1/s1. The van der Waals surface area contributed by atoms with Crippen LogP contribution in [0, 0.1) is 24.6 Å². The van der Waals surface area contributed by atoms with E-state index in [9.17, 15) is 24.6 Å². The average Bonchev–Trinajstić information content (AvgIpc) is 3.00. The SMILES string of the molecule is Cc1c(F)cccc1[C@H]1[C@@H](C(=O)c2cccc(O)c2)CN([C@@H]2CCN2CCCC(C=O)N(C)C)C[C@H]1C(=O)c1cccc(O)c1. The number of phenols is 2. The number of likely N-dealkylation sites (tertiary alicyclic amines) is 2. The maximum atomic E-state index is 15.0. The molecule has 2 aliphatic heterocycles. The van der Waals surface area contributed by atoms with E-state index >= 15 is 4.39 Å². The number of hydrogen-bond acceptors (Lipinski definition) is 8. The number of hydrogen-bond donors (Lipinski definition) is 2. The number of aldehydes is 1. The van der Waals surface area contributed by atoms with Crippen LogP contribution in [0.3, 0.4) is 0 Å². The number of ketones is 2. The van der Waals surface area contributed by atoms with Crippen LogP contribution in [-0.2, 0) is 4.79 Å². The summed E-state index contributed by atoms with van der Waals surface area (Å²) in [5.74, 6) is -2.95. The molecule has 5 atom stereocenters. The molecule has 5 rings (SSSR count). The van der Waals surface area contributed by atoms with Crippen LogP contribution in [0.1, 0.15) is 57.0 Å². The lowest BCUT2D eigenvalue weighted by molar-refractivity contribution is -0.112. The number of nitrogens with zero attached hydrogens (tertiary/aromatic N) is 3. The van der Waals surface area contributed by atoms with Gasteiger partial charge in [-0.05, 0) is 88.3 Å². The molecule has 1 unspecified atom stereocenters. The molecule has 0 spiro atoms. The van der Waals surface area contributed by atoms with Crippen LogP contribution in [0.2, 0.25) is 0 Å². The van der Waals surface area contributed by atoms with Crippen molar-refractivity contribution in [3.05, 3.63) is 94.8 Å². The van der Waals surface area contributed by atoms with Gasteiger partial charge in [0.2, 0.25) is 0 Å². The summed E-state index contributed by atoms with van der Waals surface area (Å²) in [4.78, 5) is 46.7. The van der Waals surface area contributed by atoms with Crippen molar-refractivity contribution < 1.29 is 29.0 Å². The molecular weight excluding hydrogens is 573 g/mol. The molecule has 45 heavy (non-hydrogen) atoms. The molecule has 8 nitrogen and oxygen atoms in total. The monoisotopic (exact) mass is 615 g/mol. The Kier molecular flexibility index (Phi) is 10.1. The number of likely N-dealkylation sites (N-methyl/N-ethyl adjacent to an activating group) is 1. The molecule has 0 radical (unpaired) electrons. The van der Waals surface area contributed by atoms with Crippen LogP contribution in [0.4, 0.5) is 4.39 Å². The van der Waals surface area contributed by atoms with Crippen molar-refractivity contribution in [3.63, 3.8) is 0 Å². The first-order valence-corrected chi connectivity index (χ1v) is 15.6. The second kappa shape index (κ2) is 14.0. The molecule has 2 fully saturated rings. The summed E-state index contributed by atoms with van der Waals surface area (Å²) < 4.78 is 15.0. The molecule has 3 aromatic rings. The van der Waals surface area contributed by atoms with E-state index in [1.807, 2.05) is 19.0 Å². The molecule has 2 saturated heterocycles. The van der Waals surface area contributed by atoms with Gasteiger partial charge in [-0.3, -0.25) is 19.4 Å². The maximum Gasteiger partial charge on any atom is 0.167 e. The largest absolute Gasteiger partial charge is 0.508 e. The number of halogens is 1. The fourth-order valence-corrected chi connectivity index (χ4v) is 7.04. The Hall–Kier alpha value is -3.92. The van der Waals surface area contributed by atoms with Crippen LogP contribution in [0.5, 0.6) is 11.5 Å². The molecule has 0 saturated carbocycles. The summed E-state index contributed by atoms with van der Waals surface area (Å²) in [6, 6.07) is 17.1. The van der Waals surface area contributed by atoms with Crippen molar-refractivity contribution in [3.8, 4) is 11.5 Å². The molecule has 2 N–H and O–H groups in total. The lowest BCUT2D eigenvalue weighted by Crippen LogP contribution is -2.63. The highest BCUT2D eigenvalue weighted by Crippen LogP contribution is 2.44. The van der Waals surface area contributed by atoms with E-state index in [0.717, 1.165) is 38.6 Å². The zero-order valence-corrected chi connectivity index (χ0v) is 26.1. The predicted molar refractivity (Wildman–Crippen MR) is 170 cm³/mol. The van der Waals surface area contributed by atoms with Gasteiger partial charge in [0.1, 0.15) is 23.6 Å². The highest BCUT2D eigenvalue weighted by molar-refractivity contribution is 6.02. The summed E-state index contributed by atoms with van der Waals surface area (Å²) in [5.41, 5.74) is 1.67. The summed E-state index contributed by atoms with van der Waals surface area (Å²) in [5, 5.41) is 20.4. The normalized spacial score (nSPS) is 23.0. The van der Waals surface area contributed by atoms with Gasteiger partial charge in [-0.25, -0.2) is 4.39 Å². The molecule has 2 heterocycles. The van der Waals surface area contributed by atoms with E-state index in [4.69, 9.17) is 0 Å². The Morgan fingerprint density at radius 2 is 1.53 bits per heavy atom. The molecule has 9 heteroatoms. The van der Waals surface area contributed by atoms with Gasteiger partial charge in [0, 0.05) is 48.5 Å². The van der Waals surface area contributed by atoms with E-state index in [0.29, 0.717) is 35.3 Å². The van der Waals surface area contributed by atoms with Crippen molar-refractivity contribution in [1.29, 1.82) is 0 Å². The number of carbonyl (C=O) groups is 3. The minimum absolute atomic E-state index is 0.00699. The number of carbonyl (C=O) groups excluding carboxylic acids is 3. The minimum Gasteiger partial charge on any atom is -0.508 e. The fraction of sp³-hybridized carbons (Fsp3) is 0.417. The van der Waals surface area contributed by atoms with Crippen molar-refractivity contribution in [2.45, 2.75) is 44.3 Å². The Morgan fingerprint density at radius 3 is 2.02 bits per heavy atom. The van der Waals surface area contributed by atoms with Crippen molar-refractivity contribution >= 4 is 17.9 Å². The molecule has 0 bridgehead atoms. The summed E-state index contributed by atoms with van der Waals surface area (Å²) in [6.45, 7) is 4.04. The molecular formula is C36H42FN3O5. The number of Topliss-reactive ketones (excluding diaryl/α,β-unsaturated/α-hetero) is 2. The predicted octanol–water partition coefficient (Wildman–Crippen LogP) is 4.88. The smallest absolute Gasteiger partial charge is 0.167 e. The topological polar surface area (TPSA) is 101 Å².